The number of thiophene rings is 1. The zero-order chi connectivity index (χ0) is 20.3. The number of nitrogens with zero attached hydrogens (tertiary/aromatic N) is 2. The maximum atomic E-state index is 12.3. The van der Waals surface area contributed by atoms with E-state index >= 15 is 0 Å². The van der Waals surface area contributed by atoms with E-state index in [2.05, 4.69) is 11.0 Å². The van der Waals surface area contributed by atoms with Crippen LogP contribution >= 0.6 is 11.3 Å². The summed E-state index contributed by atoms with van der Waals surface area (Å²) < 4.78 is 15.9. The molecule has 1 aliphatic heterocycles. The highest BCUT2D eigenvalue weighted by Crippen LogP contribution is 2.36. The highest BCUT2D eigenvalue weighted by molar-refractivity contribution is 7.18. The van der Waals surface area contributed by atoms with E-state index in [0.717, 1.165) is 35.6 Å². The molecule has 0 fully saturated rings. The van der Waals surface area contributed by atoms with E-state index in [1.165, 1.54) is 5.56 Å². The molecule has 148 valence electrons. The molecular formula is C20H23N3O4S. The molecule has 0 saturated heterocycles. The van der Waals surface area contributed by atoms with E-state index in [1.54, 1.807) is 21.1 Å². The van der Waals surface area contributed by atoms with Crippen molar-refractivity contribution in [3.63, 3.8) is 0 Å². The molecule has 28 heavy (non-hydrogen) atoms. The van der Waals surface area contributed by atoms with Crippen LogP contribution in [0.2, 0.25) is 0 Å². The first kappa shape index (κ1) is 20.0. The number of esters is 1. The molecule has 3 rings (SSSR count). The lowest BCUT2D eigenvalue weighted by molar-refractivity contribution is 0.0529. The molecule has 0 spiro atoms. The predicted molar refractivity (Wildman–Crippen MR) is 107 cm³/mol. The number of carbonyl (C=O) groups is 1. The molecule has 2 heterocycles. The Labute approximate surface area is 168 Å². The van der Waals surface area contributed by atoms with Crippen LogP contribution < -0.4 is 15.2 Å². The molecule has 8 heteroatoms. The average Bonchev–Trinajstić information content (AvgIpc) is 3.02. The first-order valence-corrected chi connectivity index (χ1v) is 9.78. The SMILES string of the molecule is CCOC(=O)c1sc(N)c(C#N)c1CN1CCc2cc(OC)c(OC)cc2C1. The topological polar surface area (TPSA) is 97.8 Å². The van der Waals surface area contributed by atoms with Crippen LogP contribution in [-0.4, -0.2) is 38.2 Å². The summed E-state index contributed by atoms with van der Waals surface area (Å²) in [6.07, 6.45) is 0.839. The minimum atomic E-state index is -0.431. The number of methoxy groups -OCH3 is 2. The van der Waals surface area contributed by atoms with Crippen LogP contribution in [-0.2, 0) is 24.2 Å². The zero-order valence-corrected chi connectivity index (χ0v) is 17.0. The van der Waals surface area contributed by atoms with Crippen molar-refractivity contribution in [2.75, 3.05) is 33.1 Å². The van der Waals surface area contributed by atoms with Gasteiger partial charge in [0.15, 0.2) is 11.5 Å². The number of nitrogen functional groups attached to an aromatic ring is 1. The molecule has 7 nitrogen and oxygen atoms in total. The average molecular weight is 401 g/mol. The van der Waals surface area contributed by atoms with Gasteiger partial charge in [0.05, 0.1) is 26.4 Å². The predicted octanol–water partition coefficient (Wildman–Crippen LogP) is 2.95. The van der Waals surface area contributed by atoms with Crippen LogP contribution in [0.5, 0.6) is 11.5 Å². The number of fused-ring (bicyclic) bond motifs is 1. The van der Waals surface area contributed by atoms with Gasteiger partial charge in [0, 0.05) is 25.2 Å². The number of hydrogen-bond acceptors (Lipinski definition) is 8. The smallest absolute Gasteiger partial charge is 0.348 e. The molecule has 0 saturated carbocycles. The summed E-state index contributed by atoms with van der Waals surface area (Å²) in [4.78, 5) is 14.9. The first-order valence-electron chi connectivity index (χ1n) is 8.96. The summed E-state index contributed by atoms with van der Waals surface area (Å²) in [6, 6.07) is 6.14. The number of nitriles is 1. The van der Waals surface area contributed by atoms with Crippen LogP contribution in [0.15, 0.2) is 12.1 Å². The monoisotopic (exact) mass is 401 g/mol. The van der Waals surface area contributed by atoms with Crippen molar-refractivity contribution in [1.29, 1.82) is 5.26 Å². The van der Waals surface area contributed by atoms with E-state index in [1.807, 2.05) is 12.1 Å². The van der Waals surface area contributed by atoms with Gasteiger partial charge in [-0.15, -0.1) is 11.3 Å². The summed E-state index contributed by atoms with van der Waals surface area (Å²) in [6.45, 7) is 3.96. The quantitative estimate of drug-likeness (QED) is 0.743. The number of rotatable bonds is 6. The van der Waals surface area contributed by atoms with Gasteiger partial charge in [-0.05, 0) is 36.6 Å². The molecule has 1 aromatic carbocycles. The Morgan fingerprint density at radius 1 is 1.29 bits per heavy atom. The molecule has 0 bridgehead atoms. The van der Waals surface area contributed by atoms with Crippen LogP contribution in [0, 0.1) is 11.3 Å². The lowest BCUT2D eigenvalue weighted by atomic mass is 9.98. The number of carbonyl (C=O) groups excluding carboxylic acids is 1. The van der Waals surface area contributed by atoms with Crippen molar-refractivity contribution in [3.05, 3.63) is 39.3 Å². The fourth-order valence-corrected chi connectivity index (χ4v) is 4.34. The highest BCUT2D eigenvalue weighted by Gasteiger charge is 2.26. The third kappa shape index (κ3) is 3.77. The van der Waals surface area contributed by atoms with Gasteiger partial charge in [-0.25, -0.2) is 4.79 Å². The number of ether oxygens (including phenoxy) is 3. The van der Waals surface area contributed by atoms with E-state index in [-0.39, 0.29) is 6.61 Å². The molecule has 2 aromatic rings. The fourth-order valence-electron chi connectivity index (χ4n) is 3.42. The van der Waals surface area contributed by atoms with Crippen molar-refractivity contribution in [2.45, 2.75) is 26.4 Å². The van der Waals surface area contributed by atoms with Gasteiger partial charge in [-0.3, -0.25) is 4.90 Å². The van der Waals surface area contributed by atoms with E-state index < -0.39 is 5.97 Å². The third-order valence-electron chi connectivity index (χ3n) is 4.79. The third-order valence-corrected chi connectivity index (χ3v) is 5.83. The van der Waals surface area contributed by atoms with E-state index in [0.29, 0.717) is 39.8 Å². The van der Waals surface area contributed by atoms with Gasteiger partial charge >= 0.3 is 5.97 Å². The van der Waals surface area contributed by atoms with Crippen molar-refractivity contribution < 1.29 is 19.0 Å². The second kappa shape index (κ2) is 8.50. The van der Waals surface area contributed by atoms with E-state index in [9.17, 15) is 10.1 Å². The van der Waals surface area contributed by atoms with Crippen LogP contribution in [0.3, 0.4) is 0 Å². The fraction of sp³-hybridized carbons (Fsp3) is 0.400. The second-order valence-corrected chi connectivity index (χ2v) is 7.47. The molecule has 0 radical (unpaired) electrons. The molecule has 0 aliphatic carbocycles. The minimum absolute atomic E-state index is 0.274. The largest absolute Gasteiger partial charge is 0.493 e. The Bertz CT molecular complexity index is 933. The molecule has 2 N–H and O–H groups in total. The number of nitrogens with two attached hydrogens (primary N) is 1. The Morgan fingerprint density at radius 3 is 2.57 bits per heavy atom. The molecular weight excluding hydrogens is 378 g/mol. The normalized spacial score (nSPS) is 13.5. The van der Waals surface area contributed by atoms with Crippen LogP contribution in [0.25, 0.3) is 0 Å². The van der Waals surface area contributed by atoms with Gasteiger partial charge in [-0.1, -0.05) is 0 Å². The van der Waals surface area contributed by atoms with Gasteiger partial charge in [0.1, 0.15) is 15.9 Å². The molecule has 0 unspecified atom stereocenters. The lowest BCUT2D eigenvalue weighted by Crippen LogP contribution is -2.30. The number of benzene rings is 1. The summed E-state index contributed by atoms with van der Waals surface area (Å²) in [5.74, 6) is 0.976. The second-order valence-electron chi connectivity index (χ2n) is 6.42. The van der Waals surface area contributed by atoms with Crippen molar-refractivity contribution in [2.24, 2.45) is 0 Å². The summed E-state index contributed by atoms with van der Waals surface area (Å²) >= 11 is 1.12. The Balaban J connectivity index is 1.88. The standard InChI is InChI=1S/C20H23N3O4S/c1-4-27-20(24)18-15(14(9-21)19(22)28-18)11-23-6-5-12-7-16(25-2)17(26-3)8-13(12)10-23/h7-8H,4-6,10-11,22H2,1-3H3. The molecule has 0 atom stereocenters. The number of anilines is 1. The lowest BCUT2D eigenvalue weighted by Gasteiger charge is -2.29. The Kier molecular flexibility index (Phi) is 6.07. The molecule has 1 aromatic heterocycles. The Morgan fingerprint density at radius 2 is 1.96 bits per heavy atom. The highest BCUT2D eigenvalue weighted by atomic mass is 32.1. The summed E-state index contributed by atoms with van der Waals surface area (Å²) in [5.41, 5.74) is 9.34. The van der Waals surface area contributed by atoms with E-state index in [4.69, 9.17) is 19.9 Å². The molecule has 1 aliphatic rings. The van der Waals surface area contributed by atoms with Gasteiger partial charge < -0.3 is 19.9 Å². The van der Waals surface area contributed by atoms with Crippen LogP contribution in [0.1, 0.15) is 38.8 Å². The zero-order valence-electron chi connectivity index (χ0n) is 16.2. The molecule has 0 amide bonds. The number of hydrogen-bond donors (Lipinski definition) is 1. The van der Waals surface area contributed by atoms with Crippen molar-refractivity contribution in [3.8, 4) is 17.6 Å². The van der Waals surface area contributed by atoms with Crippen molar-refractivity contribution >= 4 is 22.3 Å². The minimum Gasteiger partial charge on any atom is -0.493 e. The van der Waals surface area contributed by atoms with Crippen LogP contribution in [0.4, 0.5) is 5.00 Å². The van der Waals surface area contributed by atoms with Gasteiger partial charge in [0.25, 0.3) is 0 Å². The van der Waals surface area contributed by atoms with Gasteiger partial charge in [-0.2, -0.15) is 5.26 Å². The van der Waals surface area contributed by atoms with Gasteiger partial charge in [0.2, 0.25) is 0 Å². The summed E-state index contributed by atoms with van der Waals surface area (Å²) in [5, 5.41) is 9.86. The maximum Gasteiger partial charge on any atom is 0.348 e. The Hall–Kier alpha value is -2.76. The van der Waals surface area contributed by atoms with Crippen molar-refractivity contribution in [1.82, 2.24) is 4.90 Å². The first-order chi connectivity index (χ1) is 13.5. The summed E-state index contributed by atoms with van der Waals surface area (Å²) in [7, 11) is 3.24. The maximum absolute atomic E-state index is 12.3.